The molecule has 0 radical (unpaired) electrons. The van der Waals surface area contributed by atoms with Crippen molar-refractivity contribution in [2.45, 2.75) is 20.3 Å². The maximum Gasteiger partial charge on any atom is 0.232 e. The first kappa shape index (κ1) is 20.9. The summed E-state index contributed by atoms with van der Waals surface area (Å²) >= 11 is 0. The Morgan fingerprint density at radius 2 is 1.68 bits per heavy atom. The van der Waals surface area contributed by atoms with E-state index in [1.165, 1.54) is 0 Å². The van der Waals surface area contributed by atoms with Gasteiger partial charge in [-0.05, 0) is 53.9 Å². The zero-order valence-corrected chi connectivity index (χ0v) is 18.3. The van der Waals surface area contributed by atoms with Crippen LogP contribution in [0.1, 0.15) is 25.2 Å². The highest BCUT2D eigenvalue weighted by Gasteiger charge is 2.14. The number of nitrogens with zero attached hydrogens (tertiary/aromatic N) is 1. The molecular weight excluding hydrogens is 410 g/mol. The maximum absolute atomic E-state index is 12.2. The van der Waals surface area contributed by atoms with Gasteiger partial charge in [0, 0.05) is 6.42 Å². The van der Waals surface area contributed by atoms with Gasteiger partial charge >= 0.3 is 0 Å². The summed E-state index contributed by atoms with van der Waals surface area (Å²) in [6.45, 7) is 3.76. The lowest BCUT2D eigenvalue weighted by Crippen LogP contribution is -2.19. The first-order valence-corrected chi connectivity index (χ1v) is 11.8. The van der Waals surface area contributed by atoms with Crippen LogP contribution in [-0.4, -0.2) is 24.1 Å². The monoisotopic (exact) mass is 435 g/mol. The summed E-state index contributed by atoms with van der Waals surface area (Å²) < 4.78 is 32.8. The lowest BCUT2D eigenvalue weighted by molar-refractivity contribution is 0.482. The van der Waals surface area contributed by atoms with Gasteiger partial charge in [-0.2, -0.15) is 0 Å². The molecule has 31 heavy (non-hydrogen) atoms. The highest BCUT2D eigenvalue weighted by Crippen LogP contribution is 2.23. The second-order valence-corrected chi connectivity index (χ2v) is 9.70. The lowest BCUT2D eigenvalue weighted by Gasteiger charge is -2.09. The number of aromatic amines is 1. The van der Waals surface area contributed by atoms with Crippen LogP contribution >= 0.6 is 0 Å². The highest BCUT2D eigenvalue weighted by atomic mass is 32.2. The summed E-state index contributed by atoms with van der Waals surface area (Å²) in [6.07, 6.45) is 0.634. The first-order valence-electron chi connectivity index (χ1n) is 10.2. The van der Waals surface area contributed by atoms with E-state index in [-0.39, 0.29) is 11.7 Å². The largest absolute Gasteiger partial charge is 0.457 e. The smallest absolute Gasteiger partial charge is 0.232 e. The summed E-state index contributed by atoms with van der Waals surface area (Å²) in [4.78, 5) is 7.93. The molecule has 0 aliphatic carbocycles. The lowest BCUT2D eigenvalue weighted by atomic mass is 10.1. The second kappa shape index (κ2) is 8.81. The summed E-state index contributed by atoms with van der Waals surface area (Å²) in [5.41, 5.74) is 3.21. The molecule has 0 aliphatic rings. The predicted octanol–water partition coefficient (Wildman–Crippen LogP) is 5.34. The molecule has 0 saturated carbocycles. The summed E-state index contributed by atoms with van der Waals surface area (Å²) in [5.74, 6) is 2.53. The minimum Gasteiger partial charge on any atom is -0.457 e. The molecule has 3 aromatic carbocycles. The minimum absolute atomic E-state index is 0.0581. The van der Waals surface area contributed by atoms with Crippen molar-refractivity contribution in [3.8, 4) is 11.5 Å². The van der Waals surface area contributed by atoms with E-state index in [1.807, 2.05) is 74.5 Å². The van der Waals surface area contributed by atoms with E-state index < -0.39 is 10.0 Å². The fraction of sp³-hybridized carbons (Fsp3) is 0.208. The fourth-order valence-corrected chi connectivity index (χ4v) is 4.81. The zero-order chi connectivity index (χ0) is 21.8. The van der Waals surface area contributed by atoms with E-state index in [2.05, 4.69) is 14.7 Å². The number of hydrogen-bond donors (Lipinski definition) is 2. The van der Waals surface area contributed by atoms with Gasteiger partial charge in [-0.1, -0.05) is 44.2 Å². The number of anilines is 1. The molecule has 1 heterocycles. The van der Waals surface area contributed by atoms with Crippen LogP contribution < -0.4 is 9.46 Å². The van der Waals surface area contributed by atoms with Crippen LogP contribution in [0.15, 0.2) is 72.8 Å². The molecule has 4 aromatic rings. The number of hydrogen-bond acceptors (Lipinski definition) is 4. The van der Waals surface area contributed by atoms with Crippen LogP contribution in [0.25, 0.3) is 11.0 Å². The average Bonchev–Trinajstić information content (AvgIpc) is 3.10. The molecule has 2 N–H and O–H groups in total. The predicted molar refractivity (Wildman–Crippen MR) is 124 cm³/mol. The number of imidazole rings is 1. The van der Waals surface area contributed by atoms with E-state index in [9.17, 15) is 8.42 Å². The van der Waals surface area contributed by atoms with Crippen LogP contribution in [0, 0.1) is 5.92 Å². The van der Waals surface area contributed by atoms with Crippen LogP contribution in [0.4, 0.5) is 5.69 Å². The molecule has 0 bridgehead atoms. The van der Waals surface area contributed by atoms with Gasteiger partial charge in [-0.3, -0.25) is 4.72 Å². The highest BCUT2D eigenvalue weighted by molar-refractivity contribution is 7.92. The van der Waals surface area contributed by atoms with Gasteiger partial charge < -0.3 is 9.72 Å². The Hall–Kier alpha value is -3.32. The van der Waals surface area contributed by atoms with Crippen molar-refractivity contribution in [2.24, 2.45) is 5.92 Å². The molecule has 0 saturated heterocycles. The first-order chi connectivity index (χ1) is 14.9. The normalized spacial score (nSPS) is 11.7. The number of ether oxygens (including phenoxy) is 1. The van der Waals surface area contributed by atoms with E-state index in [0.29, 0.717) is 12.1 Å². The van der Waals surface area contributed by atoms with Gasteiger partial charge in [-0.15, -0.1) is 0 Å². The fourth-order valence-electron chi connectivity index (χ4n) is 3.36. The number of benzene rings is 3. The number of sulfonamides is 1. The third-order valence-corrected chi connectivity index (χ3v) is 6.28. The second-order valence-electron chi connectivity index (χ2n) is 7.93. The Kier molecular flexibility index (Phi) is 5.95. The van der Waals surface area contributed by atoms with Crippen molar-refractivity contribution >= 4 is 26.7 Å². The molecule has 0 atom stereocenters. The Labute approximate surface area is 182 Å². The van der Waals surface area contributed by atoms with Gasteiger partial charge in [0.15, 0.2) is 0 Å². The molecule has 1 aromatic heterocycles. The Balaban J connectivity index is 1.45. The topological polar surface area (TPSA) is 84.1 Å². The summed E-state index contributed by atoms with van der Waals surface area (Å²) in [7, 11) is -3.37. The van der Waals surface area contributed by atoms with Gasteiger partial charge in [0.05, 0.1) is 22.5 Å². The number of nitrogens with one attached hydrogen (secondary N) is 2. The number of para-hydroxylation sites is 1. The third-order valence-electron chi connectivity index (χ3n) is 4.63. The molecule has 0 aliphatic heterocycles. The van der Waals surface area contributed by atoms with Crippen molar-refractivity contribution in [1.29, 1.82) is 0 Å². The summed E-state index contributed by atoms with van der Waals surface area (Å²) in [5, 5.41) is 0. The SMILES string of the molecule is CC(C)CS(=O)(=O)Nc1ccc2[nH]c(Cc3ccc(Oc4ccccc4)cc3)nc2c1. The van der Waals surface area contributed by atoms with Gasteiger partial charge in [-0.25, -0.2) is 13.4 Å². The molecule has 0 spiro atoms. The van der Waals surface area contributed by atoms with Crippen LogP contribution in [0.3, 0.4) is 0 Å². The maximum atomic E-state index is 12.2. The number of H-pyrrole nitrogens is 1. The molecule has 7 heteroatoms. The minimum atomic E-state index is -3.37. The quantitative estimate of drug-likeness (QED) is 0.391. The van der Waals surface area contributed by atoms with Crippen LogP contribution in [0.2, 0.25) is 0 Å². The molecule has 0 fully saturated rings. The molecule has 4 rings (SSSR count). The van der Waals surface area contributed by atoms with E-state index >= 15 is 0 Å². The van der Waals surface area contributed by atoms with Crippen molar-refractivity contribution in [1.82, 2.24) is 9.97 Å². The van der Waals surface area contributed by atoms with Crippen molar-refractivity contribution in [3.05, 3.63) is 84.2 Å². The molecule has 6 nitrogen and oxygen atoms in total. The van der Waals surface area contributed by atoms with Gasteiger partial charge in [0.25, 0.3) is 0 Å². The van der Waals surface area contributed by atoms with Crippen LogP contribution in [0.5, 0.6) is 11.5 Å². The number of rotatable bonds is 8. The van der Waals surface area contributed by atoms with Crippen molar-refractivity contribution in [2.75, 3.05) is 10.5 Å². The third kappa shape index (κ3) is 5.64. The summed E-state index contributed by atoms with van der Waals surface area (Å²) in [6, 6.07) is 22.9. The number of fused-ring (bicyclic) bond motifs is 1. The molecule has 0 amide bonds. The Morgan fingerprint density at radius 1 is 0.968 bits per heavy atom. The van der Waals surface area contributed by atoms with Gasteiger partial charge in [0.1, 0.15) is 17.3 Å². The molecular formula is C24H25N3O3S. The van der Waals surface area contributed by atoms with E-state index in [1.54, 1.807) is 12.1 Å². The van der Waals surface area contributed by atoms with Crippen molar-refractivity contribution in [3.63, 3.8) is 0 Å². The van der Waals surface area contributed by atoms with Crippen molar-refractivity contribution < 1.29 is 13.2 Å². The van der Waals surface area contributed by atoms with Gasteiger partial charge in [0.2, 0.25) is 10.0 Å². The van der Waals surface area contributed by atoms with Crippen LogP contribution in [-0.2, 0) is 16.4 Å². The van der Waals surface area contributed by atoms with E-state index in [4.69, 9.17) is 4.74 Å². The molecule has 0 unspecified atom stereocenters. The average molecular weight is 436 g/mol. The standard InChI is InChI=1S/C24H25N3O3S/c1-17(2)16-31(28,29)27-19-10-13-22-23(15-19)26-24(25-22)14-18-8-11-21(12-9-18)30-20-6-4-3-5-7-20/h3-13,15,17,27H,14,16H2,1-2H3,(H,25,26). The zero-order valence-electron chi connectivity index (χ0n) is 17.5. The Bertz CT molecular complexity index is 1260. The van der Waals surface area contributed by atoms with E-state index in [0.717, 1.165) is 33.9 Å². The number of aromatic nitrogens is 2. The molecule has 160 valence electrons. The Morgan fingerprint density at radius 3 is 2.39 bits per heavy atom.